The van der Waals surface area contributed by atoms with Gasteiger partial charge in [-0.1, -0.05) is 23.7 Å². The second-order valence-corrected chi connectivity index (χ2v) is 4.86. The van der Waals surface area contributed by atoms with Crippen LogP contribution < -0.4 is 10.6 Å². The standard InChI is InChI=1S/C14H23ClN2O/c1-12(11-16-9-10-18-2)17-8-7-13-3-5-14(15)6-4-13/h3-6,12,16-17H,7-11H2,1-2H3. The molecule has 2 N–H and O–H groups in total. The van der Waals surface area contributed by atoms with E-state index in [9.17, 15) is 0 Å². The topological polar surface area (TPSA) is 33.3 Å². The smallest absolute Gasteiger partial charge is 0.0587 e. The second kappa shape index (κ2) is 9.34. The Morgan fingerprint density at radius 1 is 1.22 bits per heavy atom. The molecule has 0 aliphatic heterocycles. The maximum Gasteiger partial charge on any atom is 0.0587 e. The summed E-state index contributed by atoms with van der Waals surface area (Å²) in [7, 11) is 1.72. The van der Waals surface area contributed by atoms with E-state index in [1.54, 1.807) is 7.11 Å². The van der Waals surface area contributed by atoms with Crippen LogP contribution in [-0.4, -0.2) is 39.4 Å². The molecule has 0 heterocycles. The van der Waals surface area contributed by atoms with Crippen LogP contribution in [0.2, 0.25) is 5.02 Å². The molecule has 0 aromatic heterocycles. The fourth-order valence-corrected chi connectivity index (χ4v) is 1.80. The van der Waals surface area contributed by atoms with E-state index in [4.69, 9.17) is 16.3 Å². The maximum atomic E-state index is 5.84. The summed E-state index contributed by atoms with van der Waals surface area (Å²) in [5.74, 6) is 0. The number of hydrogen-bond donors (Lipinski definition) is 2. The molecule has 0 aliphatic rings. The first-order valence-electron chi connectivity index (χ1n) is 6.40. The molecule has 102 valence electrons. The van der Waals surface area contributed by atoms with Crippen LogP contribution in [0.1, 0.15) is 12.5 Å². The lowest BCUT2D eigenvalue weighted by Crippen LogP contribution is -2.38. The van der Waals surface area contributed by atoms with Gasteiger partial charge in [-0.05, 0) is 37.6 Å². The van der Waals surface area contributed by atoms with Crippen LogP contribution in [0.5, 0.6) is 0 Å². The average Bonchev–Trinajstić information content (AvgIpc) is 2.37. The first-order valence-corrected chi connectivity index (χ1v) is 6.77. The number of benzene rings is 1. The van der Waals surface area contributed by atoms with Crippen molar-refractivity contribution in [3.63, 3.8) is 0 Å². The van der Waals surface area contributed by atoms with Crippen molar-refractivity contribution in [1.82, 2.24) is 10.6 Å². The fourth-order valence-electron chi connectivity index (χ4n) is 1.68. The highest BCUT2D eigenvalue weighted by atomic mass is 35.5. The molecule has 0 saturated heterocycles. The summed E-state index contributed by atoms with van der Waals surface area (Å²) in [5, 5.41) is 7.62. The molecule has 3 nitrogen and oxygen atoms in total. The molecule has 0 aliphatic carbocycles. The first kappa shape index (κ1) is 15.4. The zero-order chi connectivity index (χ0) is 13.2. The van der Waals surface area contributed by atoms with Crippen LogP contribution in [0.15, 0.2) is 24.3 Å². The third kappa shape index (κ3) is 6.97. The predicted molar refractivity (Wildman–Crippen MR) is 77.4 cm³/mol. The van der Waals surface area contributed by atoms with Crippen molar-refractivity contribution in [1.29, 1.82) is 0 Å². The van der Waals surface area contributed by atoms with Crippen molar-refractivity contribution in [2.45, 2.75) is 19.4 Å². The highest BCUT2D eigenvalue weighted by molar-refractivity contribution is 6.30. The number of methoxy groups -OCH3 is 1. The van der Waals surface area contributed by atoms with E-state index in [-0.39, 0.29) is 0 Å². The summed E-state index contributed by atoms with van der Waals surface area (Å²) in [5.41, 5.74) is 1.31. The van der Waals surface area contributed by atoms with Gasteiger partial charge in [0.15, 0.2) is 0 Å². The second-order valence-electron chi connectivity index (χ2n) is 4.43. The van der Waals surface area contributed by atoms with Gasteiger partial charge in [-0.2, -0.15) is 0 Å². The van der Waals surface area contributed by atoms with Gasteiger partial charge >= 0.3 is 0 Å². The largest absolute Gasteiger partial charge is 0.383 e. The van der Waals surface area contributed by atoms with E-state index in [1.165, 1.54) is 5.56 Å². The number of hydrogen-bond acceptors (Lipinski definition) is 3. The van der Waals surface area contributed by atoms with Crippen molar-refractivity contribution in [2.24, 2.45) is 0 Å². The zero-order valence-corrected chi connectivity index (χ0v) is 12.0. The van der Waals surface area contributed by atoms with Gasteiger partial charge in [0.25, 0.3) is 0 Å². The normalized spacial score (nSPS) is 12.6. The number of nitrogens with one attached hydrogen (secondary N) is 2. The maximum absolute atomic E-state index is 5.84. The van der Waals surface area contributed by atoms with Crippen LogP contribution in [0.4, 0.5) is 0 Å². The minimum absolute atomic E-state index is 0.467. The molecule has 4 heteroatoms. The molecule has 0 radical (unpaired) electrons. The Morgan fingerprint density at radius 2 is 1.94 bits per heavy atom. The lowest BCUT2D eigenvalue weighted by Gasteiger charge is -2.14. The van der Waals surface area contributed by atoms with Gasteiger partial charge in [-0.3, -0.25) is 0 Å². The van der Waals surface area contributed by atoms with Crippen molar-refractivity contribution in [3.05, 3.63) is 34.9 Å². The predicted octanol–water partition coefficient (Wildman–Crippen LogP) is 2.10. The Kier molecular flexibility index (Phi) is 8.01. The summed E-state index contributed by atoms with van der Waals surface area (Å²) >= 11 is 5.84. The van der Waals surface area contributed by atoms with Crippen molar-refractivity contribution >= 4 is 11.6 Å². The molecule has 0 bridgehead atoms. The number of halogens is 1. The Hall–Kier alpha value is -0.610. The lowest BCUT2D eigenvalue weighted by molar-refractivity contribution is 0.198. The molecule has 1 atom stereocenters. The SMILES string of the molecule is COCCNCC(C)NCCc1ccc(Cl)cc1. The summed E-state index contributed by atoms with van der Waals surface area (Å²) < 4.78 is 4.98. The molecule has 1 aromatic rings. The Morgan fingerprint density at radius 3 is 2.61 bits per heavy atom. The van der Waals surface area contributed by atoms with Crippen LogP contribution in [0.25, 0.3) is 0 Å². The van der Waals surface area contributed by atoms with Gasteiger partial charge in [0, 0.05) is 31.3 Å². The van der Waals surface area contributed by atoms with Crippen LogP contribution in [0.3, 0.4) is 0 Å². The van der Waals surface area contributed by atoms with Gasteiger partial charge in [0.2, 0.25) is 0 Å². The highest BCUT2D eigenvalue weighted by Gasteiger charge is 2.00. The highest BCUT2D eigenvalue weighted by Crippen LogP contribution is 2.09. The van der Waals surface area contributed by atoms with E-state index in [0.717, 1.165) is 37.7 Å². The third-order valence-corrected chi connectivity index (χ3v) is 3.01. The zero-order valence-electron chi connectivity index (χ0n) is 11.2. The van der Waals surface area contributed by atoms with Gasteiger partial charge in [0.1, 0.15) is 0 Å². The number of ether oxygens (including phenoxy) is 1. The summed E-state index contributed by atoms with van der Waals surface area (Å²) in [6.45, 7) is 5.79. The Balaban J connectivity index is 2.07. The summed E-state index contributed by atoms with van der Waals surface area (Å²) in [6.07, 6.45) is 1.03. The molecular formula is C14H23ClN2O. The van der Waals surface area contributed by atoms with Crippen LogP contribution >= 0.6 is 11.6 Å². The number of rotatable bonds is 9. The molecule has 0 spiro atoms. The van der Waals surface area contributed by atoms with E-state index < -0.39 is 0 Å². The van der Waals surface area contributed by atoms with Crippen molar-refractivity contribution in [3.8, 4) is 0 Å². The Bertz CT molecular complexity index is 316. The van der Waals surface area contributed by atoms with Gasteiger partial charge in [-0.15, -0.1) is 0 Å². The minimum Gasteiger partial charge on any atom is -0.383 e. The molecular weight excluding hydrogens is 248 g/mol. The molecule has 1 rings (SSSR count). The van der Waals surface area contributed by atoms with E-state index in [1.807, 2.05) is 12.1 Å². The van der Waals surface area contributed by atoms with Crippen LogP contribution in [-0.2, 0) is 11.2 Å². The molecule has 0 amide bonds. The van der Waals surface area contributed by atoms with Crippen molar-refractivity contribution in [2.75, 3.05) is 33.4 Å². The molecule has 0 saturated carbocycles. The van der Waals surface area contributed by atoms with Gasteiger partial charge in [-0.25, -0.2) is 0 Å². The fraction of sp³-hybridized carbons (Fsp3) is 0.571. The van der Waals surface area contributed by atoms with Gasteiger partial charge in [0.05, 0.1) is 6.61 Å². The van der Waals surface area contributed by atoms with E-state index >= 15 is 0 Å². The van der Waals surface area contributed by atoms with Crippen LogP contribution in [0, 0.1) is 0 Å². The average molecular weight is 271 g/mol. The quantitative estimate of drug-likeness (QED) is 0.674. The van der Waals surface area contributed by atoms with E-state index in [2.05, 4.69) is 29.7 Å². The molecule has 18 heavy (non-hydrogen) atoms. The summed E-state index contributed by atoms with van der Waals surface area (Å²) in [4.78, 5) is 0. The minimum atomic E-state index is 0.467. The van der Waals surface area contributed by atoms with Crippen molar-refractivity contribution < 1.29 is 4.74 Å². The third-order valence-electron chi connectivity index (χ3n) is 2.75. The molecule has 1 aromatic carbocycles. The van der Waals surface area contributed by atoms with Gasteiger partial charge < -0.3 is 15.4 Å². The lowest BCUT2D eigenvalue weighted by atomic mass is 10.1. The monoisotopic (exact) mass is 270 g/mol. The first-order chi connectivity index (χ1) is 8.72. The molecule has 0 fully saturated rings. The van der Waals surface area contributed by atoms with E-state index in [0.29, 0.717) is 6.04 Å². The summed E-state index contributed by atoms with van der Waals surface area (Å²) in [6, 6.07) is 8.49. The molecule has 1 unspecified atom stereocenters. The Labute approximate surface area is 115 Å².